The van der Waals surface area contributed by atoms with Crippen molar-refractivity contribution in [3.63, 3.8) is 0 Å². The second-order valence-corrected chi connectivity index (χ2v) is 5.16. The maximum absolute atomic E-state index is 11.7. The van der Waals surface area contributed by atoms with Crippen molar-refractivity contribution in [1.82, 2.24) is 5.06 Å². The summed E-state index contributed by atoms with van der Waals surface area (Å²) in [5.74, 6) is 0.586. The first kappa shape index (κ1) is 18.2. The van der Waals surface area contributed by atoms with Crippen LogP contribution in [0.5, 0.6) is 5.75 Å². The van der Waals surface area contributed by atoms with E-state index in [0.717, 1.165) is 10.6 Å². The minimum absolute atomic E-state index is 0.0597. The number of benzene rings is 2. The van der Waals surface area contributed by atoms with Crippen LogP contribution in [0.4, 0.5) is 16.2 Å². The third-order valence-corrected chi connectivity index (χ3v) is 3.43. The number of urea groups is 1. The zero-order valence-electron chi connectivity index (χ0n) is 14.0. The lowest BCUT2D eigenvalue weighted by atomic mass is 10.1. The van der Waals surface area contributed by atoms with Crippen molar-refractivity contribution in [2.45, 2.75) is 6.42 Å². The first-order valence-corrected chi connectivity index (χ1v) is 7.54. The number of hydrogen-bond donors (Lipinski definition) is 1. The second-order valence-electron chi connectivity index (χ2n) is 5.16. The van der Waals surface area contributed by atoms with Gasteiger partial charge in [0.2, 0.25) is 0 Å². The molecule has 0 aromatic heterocycles. The molecular formula is C17H19N3O5. The van der Waals surface area contributed by atoms with Crippen LogP contribution >= 0.6 is 0 Å². The van der Waals surface area contributed by atoms with Crippen molar-refractivity contribution in [3.8, 4) is 5.75 Å². The molecule has 132 valence electrons. The van der Waals surface area contributed by atoms with Crippen LogP contribution in [0, 0.1) is 10.1 Å². The Kier molecular flexibility index (Phi) is 6.30. The number of hydrogen-bond acceptors (Lipinski definition) is 5. The Hall–Kier alpha value is -3.13. The van der Waals surface area contributed by atoms with E-state index in [1.165, 1.54) is 26.3 Å². The number of anilines is 1. The Morgan fingerprint density at radius 1 is 1.24 bits per heavy atom. The van der Waals surface area contributed by atoms with Crippen LogP contribution in [0.2, 0.25) is 0 Å². The minimum Gasteiger partial charge on any atom is -0.493 e. The molecule has 8 heteroatoms. The number of nitrogens with zero attached hydrogens (tertiary/aromatic N) is 2. The van der Waals surface area contributed by atoms with Crippen molar-refractivity contribution in [2.24, 2.45) is 0 Å². The molecule has 1 N–H and O–H groups in total. The standard InChI is InChI=1S/C17H19N3O5/c1-19(24-2)17(21)18-14-6-4-8-16(12-14)25-10-9-13-5-3-7-15(11-13)20(22)23/h3-8,11-12H,9-10H2,1-2H3,(H,18,21). The van der Waals surface area contributed by atoms with Gasteiger partial charge in [0.25, 0.3) is 5.69 Å². The highest BCUT2D eigenvalue weighted by Gasteiger charge is 2.08. The van der Waals surface area contributed by atoms with E-state index in [4.69, 9.17) is 9.57 Å². The Balaban J connectivity index is 1.91. The van der Waals surface area contributed by atoms with Crippen LogP contribution in [-0.2, 0) is 11.3 Å². The van der Waals surface area contributed by atoms with Crippen molar-refractivity contribution in [2.75, 3.05) is 26.1 Å². The molecular weight excluding hydrogens is 326 g/mol. The van der Waals surface area contributed by atoms with Crippen LogP contribution in [0.3, 0.4) is 0 Å². The number of ether oxygens (including phenoxy) is 1. The zero-order valence-corrected chi connectivity index (χ0v) is 14.0. The number of carbonyl (C=O) groups is 1. The summed E-state index contributed by atoms with van der Waals surface area (Å²) in [6.45, 7) is 0.358. The van der Waals surface area contributed by atoms with E-state index in [-0.39, 0.29) is 5.69 Å². The third kappa shape index (κ3) is 5.47. The molecule has 8 nitrogen and oxygen atoms in total. The summed E-state index contributed by atoms with van der Waals surface area (Å²) in [5, 5.41) is 14.5. The topological polar surface area (TPSA) is 93.9 Å². The van der Waals surface area contributed by atoms with Crippen molar-refractivity contribution < 1.29 is 19.3 Å². The first-order valence-electron chi connectivity index (χ1n) is 7.54. The molecule has 0 radical (unpaired) electrons. The molecule has 0 aliphatic heterocycles. The van der Waals surface area contributed by atoms with E-state index in [1.807, 2.05) is 6.07 Å². The lowest BCUT2D eigenvalue weighted by molar-refractivity contribution is -0.384. The average molecular weight is 345 g/mol. The molecule has 0 saturated carbocycles. The summed E-state index contributed by atoms with van der Waals surface area (Å²) in [4.78, 5) is 26.9. The predicted octanol–water partition coefficient (Wildman–Crippen LogP) is 3.24. The second kappa shape index (κ2) is 8.65. The van der Waals surface area contributed by atoms with Crippen LogP contribution < -0.4 is 10.1 Å². The molecule has 0 aliphatic rings. The summed E-state index contributed by atoms with van der Waals surface area (Å²) >= 11 is 0. The Bertz CT molecular complexity index is 751. The molecule has 0 saturated heterocycles. The van der Waals surface area contributed by atoms with Crippen LogP contribution in [0.15, 0.2) is 48.5 Å². The summed E-state index contributed by atoms with van der Waals surface area (Å²) in [6, 6.07) is 13.0. The van der Waals surface area contributed by atoms with Gasteiger partial charge in [0.05, 0.1) is 18.6 Å². The average Bonchev–Trinajstić information content (AvgIpc) is 2.61. The number of hydroxylamine groups is 2. The van der Waals surface area contributed by atoms with Gasteiger partial charge in [-0.2, -0.15) is 0 Å². The van der Waals surface area contributed by atoms with Gasteiger partial charge in [-0.25, -0.2) is 9.86 Å². The fourth-order valence-corrected chi connectivity index (χ4v) is 2.06. The van der Waals surface area contributed by atoms with Crippen LogP contribution in [-0.4, -0.2) is 36.8 Å². The highest BCUT2D eigenvalue weighted by Crippen LogP contribution is 2.19. The lowest BCUT2D eigenvalue weighted by Crippen LogP contribution is -2.30. The van der Waals surface area contributed by atoms with Crippen LogP contribution in [0.1, 0.15) is 5.56 Å². The van der Waals surface area contributed by atoms with Gasteiger partial charge >= 0.3 is 6.03 Å². The summed E-state index contributed by atoms with van der Waals surface area (Å²) < 4.78 is 5.65. The number of carbonyl (C=O) groups excluding carboxylic acids is 1. The molecule has 25 heavy (non-hydrogen) atoms. The lowest BCUT2D eigenvalue weighted by Gasteiger charge is -2.15. The molecule has 0 atom stereocenters. The molecule has 0 unspecified atom stereocenters. The molecule has 0 fully saturated rings. The van der Waals surface area contributed by atoms with E-state index >= 15 is 0 Å². The van der Waals surface area contributed by atoms with Crippen molar-refractivity contribution in [1.29, 1.82) is 0 Å². The van der Waals surface area contributed by atoms with Crippen LogP contribution in [0.25, 0.3) is 0 Å². The highest BCUT2D eigenvalue weighted by atomic mass is 16.7. The predicted molar refractivity (Wildman–Crippen MR) is 92.5 cm³/mol. The normalized spacial score (nSPS) is 10.2. The van der Waals surface area contributed by atoms with Gasteiger partial charge in [-0.3, -0.25) is 15.0 Å². The smallest absolute Gasteiger partial charge is 0.345 e. The minimum atomic E-state index is -0.423. The van der Waals surface area contributed by atoms with Crippen molar-refractivity contribution in [3.05, 3.63) is 64.2 Å². The van der Waals surface area contributed by atoms with Crippen molar-refractivity contribution >= 4 is 17.4 Å². The number of nitro benzene ring substituents is 1. The monoisotopic (exact) mass is 345 g/mol. The molecule has 0 spiro atoms. The van der Waals surface area contributed by atoms with Gasteiger partial charge < -0.3 is 10.1 Å². The fraction of sp³-hybridized carbons (Fsp3) is 0.235. The zero-order chi connectivity index (χ0) is 18.2. The van der Waals surface area contributed by atoms with E-state index < -0.39 is 11.0 Å². The number of amides is 2. The van der Waals surface area contributed by atoms with E-state index in [9.17, 15) is 14.9 Å². The van der Waals surface area contributed by atoms with E-state index in [2.05, 4.69) is 5.32 Å². The molecule has 2 aromatic carbocycles. The highest BCUT2D eigenvalue weighted by molar-refractivity contribution is 5.88. The molecule has 2 amide bonds. The Morgan fingerprint density at radius 2 is 2.00 bits per heavy atom. The molecule has 0 aliphatic carbocycles. The largest absolute Gasteiger partial charge is 0.493 e. The number of non-ortho nitro benzene ring substituents is 1. The van der Waals surface area contributed by atoms with Gasteiger partial charge in [0.1, 0.15) is 5.75 Å². The van der Waals surface area contributed by atoms with Gasteiger partial charge in [-0.15, -0.1) is 0 Å². The van der Waals surface area contributed by atoms with Gasteiger partial charge in [-0.05, 0) is 17.7 Å². The number of nitrogens with one attached hydrogen (secondary N) is 1. The number of rotatable bonds is 7. The molecule has 0 bridgehead atoms. The Labute approximate surface area is 145 Å². The van der Waals surface area contributed by atoms with E-state index in [1.54, 1.807) is 30.3 Å². The summed E-state index contributed by atoms with van der Waals surface area (Å²) in [5.41, 5.74) is 1.45. The first-order chi connectivity index (χ1) is 12.0. The number of nitro groups is 1. The maximum atomic E-state index is 11.7. The van der Waals surface area contributed by atoms with Gasteiger partial charge in [0, 0.05) is 37.4 Å². The Morgan fingerprint density at radius 3 is 2.72 bits per heavy atom. The molecule has 2 rings (SSSR count). The molecule has 2 aromatic rings. The SMILES string of the molecule is CON(C)C(=O)Nc1cccc(OCCc2cccc([N+](=O)[O-])c2)c1. The summed E-state index contributed by atoms with van der Waals surface area (Å²) in [6.07, 6.45) is 0.532. The fourth-order valence-electron chi connectivity index (χ4n) is 2.06. The molecule has 0 heterocycles. The summed E-state index contributed by atoms with van der Waals surface area (Å²) in [7, 11) is 2.89. The van der Waals surface area contributed by atoms with Gasteiger partial charge in [0.15, 0.2) is 0 Å². The van der Waals surface area contributed by atoms with Gasteiger partial charge in [-0.1, -0.05) is 18.2 Å². The van der Waals surface area contributed by atoms with E-state index in [0.29, 0.717) is 24.5 Å². The quantitative estimate of drug-likeness (QED) is 0.614. The maximum Gasteiger partial charge on any atom is 0.345 e. The third-order valence-electron chi connectivity index (χ3n) is 3.43.